The molecule has 6 aromatic rings. The van der Waals surface area contributed by atoms with Crippen LogP contribution in [0.1, 0.15) is 45.3 Å². The van der Waals surface area contributed by atoms with Crippen molar-refractivity contribution in [3.05, 3.63) is 84.3 Å². The third-order valence-electron chi connectivity index (χ3n) is 8.34. The van der Waals surface area contributed by atoms with Gasteiger partial charge >= 0.3 is 0 Å². The summed E-state index contributed by atoms with van der Waals surface area (Å²) in [6.07, 6.45) is -1.56. The van der Waals surface area contributed by atoms with Crippen LogP contribution in [0.2, 0.25) is 0 Å². The summed E-state index contributed by atoms with van der Waals surface area (Å²) in [5.74, 6) is -1.53. The van der Waals surface area contributed by atoms with E-state index in [1.54, 1.807) is 56.3 Å². The van der Waals surface area contributed by atoms with E-state index in [1.807, 2.05) is 13.0 Å². The van der Waals surface area contributed by atoms with Crippen molar-refractivity contribution in [1.82, 2.24) is 13.7 Å². The van der Waals surface area contributed by atoms with Crippen LogP contribution in [0.3, 0.4) is 0 Å². The standard InChI is InChI=1S/C38H38N8O8S2/c1-7-46(8-2)56(50,51)25-14-15-27-26(20-25)38(55-45-27)44-43-24-18-30(39-22(4)47)34(31(19-24)40-23(5)48)54-35(37-42-28-11-9-10-12-33(28)53-37)36(49)41-29-17-21(3)13-16-32(29)52-6/h9-20,35H,7-8H2,1-6H3,(H,39,47)(H,40,48)(H,41,49). The molecule has 3 amide bonds. The number of aryl methyl sites for hydroxylation is 1. The number of methoxy groups -OCH3 is 1. The number of azo groups is 1. The molecule has 290 valence electrons. The second-order valence-electron chi connectivity index (χ2n) is 12.4. The number of benzene rings is 4. The lowest BCUT2D eigenvalue weighted by Crippen LogP contribution is -2.30. The number of amides is 3. The van der Waals surface area contributed by atoms with Gasteiger partial charge in [0.25, 0.3) is 12.0 Å². The normalized spacial score (nSPS) is 12.3. The van der Waals surface area contributed by atoms with E-state index in [9.17, 15) is 22.8 Å². The van der Waals surface area contributed by atoms with Crippen molar-refractivity contribution in [2.45, 2.75) is 45.6 Å². The highest BCUT2D eigenvalue weighted by atomic mass is 32.2. The van der Waals surface area contributed by atoms with Crippen LogP contribution in [0.25, 0.3) is 22.0 Å². The van der Waals surface area contributed by atoms with Gasteiger partial charge in [-0.05, 0) is 78.6 Å². The fraction of sp³-hybridized carbons (Fsp3) is 0.237. The maximum absolute atomic E-state index is 14.2. The van der Waals surface area contributed by atoms with Crippen LogP contribution in [-0.2, 0) is 24.4 Å². The number of fused-ring (bicyclic) bond motifs is 2. The summed E-state index contributed by atoms with van der Waals surface area (Å²) in [4.78, 5) is 43.9. The molecule has 0 aliphatic carbocycles. The van der Waals surface area contributed by atoms with Gasteiger partial charge in [-0.1, -0.05) is 32.0 Å². The number of carbonyl (C=O) groups excluding carboxylic acids is 3. The van der Waals surface area contributed by atoms with Crippen molar-refractivity contribution in [2.75, 3.05) is 36.1 Å². The Morgan fingerprint density at radius 2 is 1.57 bits per heavy atom. The predicted molar refractivity (Wildman–Crippen MR) is 213 cm³/mol. The Morgan fingerprint density at radius 3 is 2.21 bits per heavy atom. The van der Waals surface area contributed by atoms with E-state index < -0.39 is 33.8 Å². The van der Waals surface area contributed by atoms with Gasteiger partial charge in [0, 0.05) is 32.3 Å². The van der Waals surface area contributed by atoms with Crippen LogP contribution < -0.4 is 25.4 Å². The van der Waals surface area contributed by atoms with E-state index in [0.717, 1.165) is 17.1 Å². The fourth-order valence-electron chi connectivity index (χ4n) is 5.77. The third-order valence-corrected chi connectivity index (χ3v) is 11.2. The van der Waals surface area contributed by atoms with Crippen LogP contribution in [-0.4, -0.2) is 60.0 Å². The highest BCUT2D eigenvalue weighted by Gasteiger charge is 2.32. The summed E-state index contributed by atoms with van der Waals surface area (Å²) >= 11 is 1.02. The maximum atomic E-state index is 14.2. The molecule has 1 atom stereocenters. The second-order valence-corrected chi connectivity index (χ2v) is 15.1. The molecule has 18 heteroatoms. The SMILES string of the molecule is CCN(CC)S(=O)(=O)c1ccc2nsc(N=Nc3cc(NC(C)=O)c(OC(C(=O)Nc4cc(C)ccc4OC)c4nc5ccccc5o4)c(NC(C)=O)c3)c2c1. The van der Waals surface area contributed by atoms with Crippen molar-refractivity contribution in [2.24, 2.45) is 10.2 Å². The first-order valence-electron chi connectivity index (χ1n) is 17.3. The summed E-state index contributed by atoms with van der Waals surface area (Å²) < 4.78 is 50.1. The lowest BCUT2D eigenvalue weighted by Gasteiger charge is -2.22. The molecule has 0 fully saturated rings. The van der Waals surface area contributed by atoms with Gasteiger partial charge in [0.2, 0.25) is 27.7 Å². The number of aromatic nitrogens is 2. The number of hydrogen-bond acceptors (Lipinski definition) is 13. The van der Waals surface area contributed by atoms with Crippen molar-refractivity contribution in [3.8, 4) is 11.5 Å². The molecule has 4 aromatic carbocycles. The molecule has 0 spiro atoms. The Labute approximate surface area is 326 Å². The van der Waals surface area contributed by atoms with Crippen LogP contribution in [0, 0.1) is 6.92 Å². The number of para-hydroxylation sites is 2. The van der Waals surface area contributed by atoms with Gasteiger partial charge in [-0.2, -0.15) is 8.68 Å². The van der Waals surface area contributed by atoms with Crippen LogP contribution in [0.15, 0.2) is 92.3 Å². The highest BCUT2D eigenvalue weighted by molar-refractivity contribution is 7.89. The molecule has 0 aliphatic heterocycles. The molecule has 0 saturated heterocycles. The van der Waals surface area contributed by atoms with E-state index in [-0.39, 0.29) is 33.6 Å². The van der Waals surface area contributed by atoms with Crippen molar-refractivity contribution < 1.29 is 36.7 Å². The molecular weight excluding hydrogens is 761 g/mol. The molecule has 1 unspecified atom stereocenters. The molecule has 2 heterocycles. The third kappa shape index (κ3) is 8.51. The Kier molecular flexibility index (Phi) is 11.7. The minimum Gasteiger partial charge on any atom is -0.495 e. The number of carbonyl (C=O) groups is 3. The van der Waals surface area contributed by atoms with Crippen LogP contribution in [0.4, 0.5) is 27.8 Å². The largest absolute Gasteiger partial charge is 0.495 e. The number of nitrogens with zero attached hydrogens (tertiary/aromatic N) is 5. The van der Waals surface area contributed by atoms with E-state index >= 15 is 0 Å². The molecule has 0 aliphatic rings. The van der Waals surface area contributed by atoms with Gasteiger partial charge in [-0.25, -0.2) is 13.4 Å². The summed E-state index contributed by atoms with van der Waals surface area (Å²) in [5.41, 5.74) is 2.80. The van der Waals surface area contributed by atoms with Crippen molar-refractivity contribution in [3.63, 3.8) is 0 Å². The van der Waals surface area contributed by atoms with Gasteiger partial charge in [0.05, 0.1) is 40.3 Å². The average Bonchev–Trinajstić information content (AvgIpc) is 3.77. The highest BCUT2D eigenvalue weighted by Crippen LogP contribution is 2.42. The first kappa shape index (κ1) is 39.5. The van der Waals surface area contributed by atoms with Gasteiger partial charge in [-0.3, -0.25) is 14.4 Å². The second kappa shape index (κ2) is 16.6. The average molecular weight is 799 g/mol. The first-order chi connectivity index (χ1) is 26.8. The van der Waals surface area contributed by atoms with Gasteiger partial charge < -0.3 is 29.8 Å². The van der Waals surface area contributed by atoms with Gasteiger partial charge in [0.1, 0.15) is 11.3 Å². The maximum Gasteiger partial charge on any atom is 0.275 e. The van der Waals surface area contributed by atoms with Crippen molar-refractivity contribution >= 4 is 89.0 Å². The zero-order valence-corrected chi connectivity index (χ0v) is 32.9. The Bertz CT molecular complexity index is 2530. The van der Waals surface area contributed by atoms with Crippen LogP contribution >= 0.6 is 11.5 Å². The molecular formula is C38H38N8O8S2. The molecule has 16 nitrogen and oxygen atoms in total. The fourth-order valence-corrected chi connectivity index (χ4v) is 7.94. The summed E-state index contributed by atoms with van der Waals surface area (Å²) in [6, 6.07) is 19.7. The summed E-state index contributed by atoms with van der Waals surface area (Å²) in [7, 11) is -2.29. The molecule has 2 aromatic heterocycles. The molecule has 56 heavy (non-hydrogen) atoms. The molecule has 3 N–H and O–H groups in total. The topological polar surface area (TPSA) is 207 Å². The number of oxazole rings is 1. The zero-order chi connectivity index (χ0) is 40.1. The van der Waals surface area contributed by atoms with Gasteiger partial charge in [0.15, 0.2) is 16.3 Å². The quantitative estimate of drug-likeness (QED) is 0.0909. The number of anilines is 3. The van der Waals surface area contributed by atoms with Crippen LogP contribution in [0.5, 0.6) is 11.5 Å². The predicted octanol–water partition coefficient (Wildman–Crippen LogP) is 7.88. The Balaban J connectivity index is 1.43. The summed E-state index contributed by atoms with van der Waals surface area (Å²) in [5, 5.41) is 17.8. The number of sulfonamides is 1. The van der Waals surface area contributed by atoms with E-state index in [1.165, 1.54) is 49.5 Å². The van der Waals surface area contributed by atoms with E-state index in [2.05, 4.69) is 35.5 Å². The summed E-state index contributed by atoms with van der Waals surface area (Å²) in [6.45, 7) is 8.55. The minimum absolute atomic E-state index is 0.0292. The number of hydrogen-bond donors (Lipinski definition) is 3. The smallest absolute Gasteiger partial charge is 0.275 e. The Morgan fingerprint density at radius 1 is 0.875 bits per heavy atom. The number of nitrogens with one attached hydrogen (secondary N) is 3. The number of ether oxygens (including phenoxy) is 2. The molecule has 6 rings (SSSR count). The lowest BCUT2D eigenvalue weighted by molar-refractivity contribution is -0.123. The Hall–Kier alpha value is -6.24. The zero-order valence-electron chi connectivity index (χ0n) is 31.2. The molecule has 0 bridgehead atoms. The first-order valence-corrected chi connectivity index (χ1v) is 19.5. The van der Waals surface area contributed by atoms with E-state index in [0.29, 0.717) is 51.5 Å². The van der Waals surface area contributed by atoms with Gasteiger partial charge in [-0.15, -0.1) is 10.2 Å². The van der Waals surface area contributed by atoms with E-state index in [4.69, 9.17) is 13.9 Å². The number of rotatable bonds is 14. The molecule has 0 saturated carbocycles. The monoisotopic (exact) mass is 798 g/mol. The molecule has 0 radical (unpaired) electrons. The van der Waals surface area contributed by atoms with Crippen molar-refractivity contribution in [1.29, 1.82) is 0 Å². The lowest BCUT2D eigenvalue weighted by atomic mass is 10.2. The minimum atomic E-state index is -3.76.